The molecular weight excluding hydrogens is 494 g/mol. The Morgan fingerprint density at radius 2 is 1.74 bits per heavy atom. The molecule has 4 nitrogen and oxygen atoms in total. The van der Waals surface area contributed by atoms with Crippen molar-refractivity contribution in [3.63, 3.8) is 0 Å². The van der Waals surface area contributed by atoms with Crippen LogP contribution in [0.25, 0.3) is 22.0 Å². The maximum Gasteiger partial charge on any atom is 0.172 e. The monoisotopic (exact) mass is 528 g/mol. The van der Waals surface area contributed by atoms with Crippen LogP contribution in [0.3, 0.4) is 0 Å². The van der Waals surface area contributed by atoms with Gasteiger partial charge in [-0.1, -0.05) is 24.3 Å². The summed E-state index contributed by atoms with van der Waals surface area (Å²) in [5, 5.41) is 1.22. The van der Waals surface area contributed by atoms with Gasteiger partial charge in [0.2, 0.25) is 0 Å². The summed E-state index contributed by atoms with van der Waals surface area (Å²) in [6.45, 7) is 2.30. The van der Waals surface area contributed by atoms with Crippen LogP contribution in [-0.2, 0) is 13.5 Å². The van der Waals surface area contributed by atoms with Gasteiger partial charge in [0.1, 0.15) is 11.9 Å². The molecule has 0 N–H and O–H groups in total. The minimum atomic E-state index is -0.272. The zero-order valence-corrected chi connectivity index (χ0v) is 22.3. The van der Waals surface area contributed by atoms with Crippen molar-refractivity contribution in [3.8, 4) is 11.5 Å². The lowest BCUT2D eigenvalue weighted by Crippen LogP contribution is -2.26. The first-order chi connectivity index (χ1) is 19.1. The van der Waals surface area contributed by atoms with Crippen LogP contribution >= 0.6 is 0 Å². The minimum Gasteiger partial charge on any atom is -0.489 e. The highest BCUT2D eigenvalue weighted by atomic mass is 19.3. The molecule has 0 radical (unpaired) electrons. The average molecular weight is 529 g/mol. The normalized spacial score (nSPS) is 17.9. The Balaban J connectivity index is 1.36. The SMILES string of the molecule is Cn1ccc2cc(C3=C(c4ccc(O[C@H]5CCN(CCCF)C5)cc4)c4ccc(OF)cc4CCC3)ccc21. The Bertz CT molecular complexity index is 1490. The molecule has 1 aromatic heterocycles. The molecule has 4 aromatic rings. The summed E-state index contributed by atoms with van der Waals surface area (Å²) < 4.78 is 34.1. The molecule has 39 heavy (non-hydrogen) atoms. The number of alkyl halides is 1. The van der Waals surface area contributed by atoms with E-state index in [1.165, 1.54) is 27.6 Å². The van der Waals surface area contributed by atoms with Crippen LogP contribution in [0.2, 0.25) is 0 Å². The number of rotatable bonds is 8. The van der Waals surface area contributed by atoms with Gasteiger partial charge in [0.05, 0.1) is 6.67 Å². The highest BCUT2D eigenvalue weighted by Gasteiger charge is 2.24. The molecule has 6 rings (SSSR count). The number of fused-ring (bicyclic) bond motifs is 2. The van der Waals surface area contributed by atoms with E-state index in [-0.39, 0.29) is 18.5 Å². The van der Waals surface area contributed by atoms with E-state index in [1.54, 1.807) is 6.07 Å². The molecule has 1 fully saturated rings. The summed E-state index contributed by atoms with van der Waals surface area (Å²) in [6, 6.07) is 22.7. The van der Waals surface area contributed by atoms with Crippen LogP contribution in [0.5, 0.6) is 11.5 Å². The van der Waals surface area contributed by atoms with E-state index in [0.717, 1.165) is 67.8 Å². The van der Waals surface area contributed by atoms with Crippen molar-refractivity contribution >= 4 is 22.0 Å². The number of aromatic nitrogens is 1. The summed E-state index contributed by atoms with van der Waals surface area (Å²) in [6.07, 6.45) is 6.50. The quantitative estimate of drug-likeness (QED) is 0.236. The fraction of sp³-hybridized carbons (Fsp3) is 0.333. The van der Waals surface area contributed by atoms with Gasteiger partial charge in [-0.2, -0.15) is 0 Å². The molecule has 6 heteroatoms. The predicted octanol–water partition coefficient (Wildman–Crippen LogP) is 7.55. The summed E-state index contributed by atoms with van der Waals surface area (Å²) in [5.74, 6) is 1.09. The van der Waals surface area contributed by atoms with Crippen LogP contribution in [-0.4, -0.2) is 41.9 Å². The van der Waals surface area contributed by atoms with E-state index in [4.69, 9.17) is 4.74 Å². The third-order valence-electron chi connectivity index (χ3n) is 8.13. The second-order valence-corrected chi connectivity index (χ2v) is 10.7. The lowest BCUT2D eigenvalue weighted by Gasteiger charge is -2.19. The van der Waals surface area contributed by atoms with Gasteiger partial charge in [-0.3, -0.25) is 14.2 Å². The maximum atomic E-state index is 13.1. The fourth-order valence-corrected chi connectivity index (χ4v) is 6.17. The van der Waals surface area contributed by atoms with Crippen molar-refractivity contribution in [2.45, 2.75) is 38.2 Å². The van der Waals surface area contributed by atoms with E-state index in [0.29, 0.717) is 6.42 Å². The van der Waals surface area contributed by atoms with Crippen LogP contribution in [0, 0.1) is 0 Å². The van der Waals surface area contributed by atoms with E-state index in [1.807, 2.05) is 24.3 Å². The third kappa shape index (κ3) is 5.30. The molecule has 1 atom stereocenters. The number of aryl methyl sites for hydroxylation is 2. The summed E-state index contributed by atoms with van der Waals surface area (Å²) in [5.41, 5.74) is 8.20. The minimum absolute atomic E-state index is 0.126. The molecule has 0 unspecified atom stereocenters. The van der Waals surface area contributed by atoms with Crippen LogP contribution in [0.1, 0.15) is 47.9 Å². The van der Waals surface area contributed by atoms with Crippen molar-refractivity contribution < 1.29 is 18.6 Å². The Labute approximate surface area is 228 Å². The van der Waals surface area contributed by atoms with Crippen molar-refractivity contribution in [2.75, 3.05) is 26.3 Å². The Kier molecular flexibility index (Phi) is 7.38. The number of allylic oxidation sites excluding steroid dienone is 1. The van der Waals surface area contributed by atoms with E-state index in [2.05, 4.69) is 64.1 Å². The first-order valence-corrected chi connectivity index (χ1v) is 13.9. The maximum absolute atomic E-state index is 13.1. The lowest BCUT2D eigenvalue weighted by molar-refractivity contribution is -0.00629. The molecule has 2 heterocycles. The van der Waals surface area contributed by atoms with Crippen LogP contribution in [0.4, 0.5) is 8.92 Å². The number of hydrogen-bond donors (Lipinski definition) is 0. The van der Waals surface area contributed by atoms with Crippen molar-refractivity contribution in [1.29, 1.82) is 0 Å². The third-order valence-corrected chi connectivity index (χ3v) is 8.13. The number of hydrogen-bond acceptors (Lipinski definition) is 3. The molecule has 0 spiro atoms. The number of halogens is 2. The standard InChI is InChI=1S/C33H34F2N2O2/c1-36-18-14-26-20-25(8-13-32(26)36)30-5-2-4-24-21-28(39-35)11-12-31(24)33(30)23-6-9-27(10-7-23)38-29-15-19-37(22-29)17-3-16-34/h6-14,18,20-21,29H,2-5,15-17,19,22H2,1H3/t29-/m0/s1. The predicted molar refractivity (Wildman–Crippen MR) is 152 cm³/mol. The molecule has 1 saturated heterocycles. The molecule has 1 aliphatic heterocycles. The Morgan fingerprint density at radius 1 is 0.923 bits per heavy atom. The second-order valence-electron chi connectivity index (χ2n) is 10.7. The molecule has 202 valence electrons. The van der Waals surface area contributed by atoms with Gasteiger partial charge in [0.25, 0.3) is 0 Å². The molecule has 3 aromatic carbocycles. The molecule has 2 aliphatic rings. The van der Waals surface area contributed by atoms with E-state index in [9.17, 15) is 8.92 Å². The van der Waals surface area contributed by atoms with E-state index < -0.39 is 0 Å². The highest BCUT2D eigenvalue weighted by Crippen LogP contribution is 2.42. The first kappa shape index (κ1) is 25.6. The zero-order chi connectivity index (χ0) is 26.8. The first-order valence-electron chi connectivity index (χ1n) is 13.9. The number of likely N-dealkylation sites (tertiary alicyclic amines) is 1. The van der Waals surface area contributed by atoms with Crippen molar-refractivity contribution in [3.05, 3.63) is 95.2 Å². The zero-order valence-electron chi connectivity index (χ0n) is 22.3. The van der Waals surface area contributed by atoms with E-state index >= 15 is 0 Å². The number of benzene rings is 3. The Morgan fingerprint density at radius 3 is 2.56 bits per heavy atom. The summed E-state index contributed by atoms with van der Waals surface area (Å²) in [7, 11) is 2.07. The van der Waals surface area contributed by atoms with Crippen molar-refractivity contribution in [2.24, 2.45) is 7.05 Å². The van der Waals surface area contributed by atoms with Gasteiger partial charge in [0, 0.05) is 48.3 Å². The largest absolute Gasteiger partial charge is 0.489 e. The van der Waals surface area contributed by atoms with Crippen molar-refractivity contribution in [1.82, 2.24) is 9.47 Å². The lowest BCUT2D eigenvalue weighted by atomic mass is 9.87. The van der Waals surface area contributed by atoms with Gasteiger partial charge in [-0.25, -0.2) is 0 Å². The summed E-state index contributed by atoms with van der Waals surface area (Å²) >= 11 is 0. The average Bonchev–Trinajstić information content (AvgIpc) is 3.52. The van der Waals surface area contributed by atoms with Gasteiger partial charge in [0.15, 0.2) is 5.75 Å². The number of nitrogens with zero attached hydrogens (tertiary/aromatic N) is 2. The fourth-order valence-electron chi connectivity index (χ4n) is 6.17. The molecule has 1 aliphatic carbocycles. The van der Waals surface area contributed by atoms with Gasteiger partial charge in [-0.05, 0) is 108 Å². The van der Waals surface area contributed by atoms with Gasteiger partial charge in [-0.15, -0.1) is 0 Å². The topological polar surface area (TPSA) is 26.6 Å². The smallest absolute Gasteiger partial charge is 0.172 e. The van der Waals surface area contributed by atoms with Crippen LogP contribution < -0.4 is 9.68 Å². The molecule has 0 amide bonds. The second kappa shape index (κ2) is 11.2. The van der Waals surface area contributed by atoms with Gasteiger partial charge < -0.3 is 9.30 Å². The van der Waals surface area contributed by atoms with Crippen LogP contribution in [0.15, 0.2) is 72.9 Å². The van der Waals surface area contributed by atoms with Gasteiger partial charge >= 0.3 is 0 Å². The highest BCUT2D eigenvalue weighted by molar-refractivity contribution is 6.01. The Hall–Kier alpha value is -3.64. The molecular formula is C33H34F2N2O2. The summed E-state index contributed by atoms with van der Waals surface area (Å²) in [4.78, 5) is 6.35. The number of ether oxygens (including phenoxy) is 1. The molecule has 0 bridgehead atoms. The molecule has 0 saturated carbocycles.